The lowest BCUT2D eigenvalue weighted by molar-refractivity contribution is 0.615. The molecule has 3 nitrogen and oxygen atoms in total. The Kier molecular flexibility index (Phi) is 3.66. The van der Waals surface area contributed by atoms with Crippen LogP contribution < -0.4 is 10.6 Å². The van der Waals surface area contributed by atoms with Crippen LogP contribution in [0.25, 0.3) is 0 Å². The molecule has 0 spiro atoms. The number of halogens is 1. The van der Waals surface area contributed by atoms with Gasteiger partial charge in [-0.05, 0) is 37.6 Å². The van der Waals surface area contributed by atoms with E-state index in [9.17, 15) is 0 Å². The van der Waals surface area contributed by atoms with Crippen LogP contribution in [-0.2, 0) is 0 Å². The Hall–Kier alpha value is -1.24. The van der Waals surface area contributed by atoms with Crippen molar-refractivity contribution >= 4 is 17.3 Å². The monoisotopic (exact) mass is 235 g/mol. The average Bonchev–Trinajstić information content (AvgIpc) is 2.79. The van der Waals surface area contributed by atoms with Crippen LogP contribution in [0.15, 0.2) is 18.2 Å². The number of anilines is 1. The molecular formula is C12H14ClN3. The molecule has 1 aliphatic rings. The lowest BCUT2D eigenvalue weighted by Gasteiger charge is -2.12. The predicted molar refractivity (Wildman–Crippen MR) is 65.6 cm³/mol. The van der Waals surface area contributed by atoms with Gasteiger partial charge < -0.3 is 10.6 Å². The zero-order valence-corrected chi connectivity index (χ0v) is 9.72. The number of nitrogens with one attached hydrogen (secondary N) is 2. The Morgan fingerprint density at radius 1 is 1.56 bits per heavy atom. The number of hydrogen-bond donors (Lipinski definition) is 2. The summed E-state index contributed by atoms with van der Waals surface area (Å²) in [5.74, 6) is 0.644. The van der Waals surface area contributed by atoms with E-state index < -0.39 is 0 Å². The molecule has 1 unspecified atom stereocenters. The standard InChI is InChI=1S/C12H14ClN3/c13-11-2-1-3-12(10(11)6-14)16-8-9-4-5-15-7-9/h1-3,9,15-16H,4-5,7-8H2. The van der Waals surface area contributed by atoms with E-state index in [1.807, 2.05) is 12.1 Å². The predicted octanol–water partition coefficient (Wildman–Crippen LogP) is 2.23. The molecule has 1 heterocycles. The molecule has 1 aromatic rings. The second-order valence-corrected chi connectivity index (χ2v) is 4.42. The Labute approximate surface area is 100 Å². The molecule has 0 aliphatic carbocycles. The van der Waals surface area contributed by atoms with Crippen LogP contribution in [0.5, 0.6) is 0 Å². The van der Waals surface area contributed by atoms with Crippen molar-refractivity contribution in [1.82, 2.24) is 5.32 Å². The summed E-state index contributed by atoms with van der Waals surface area (Å²) in [5.41, 5.74) is 1.37. The molecule has 0 saturated carbocycles. The summed E-state index contributed by atoms with van der Waals surface area (Å²) < 4.78 is 0. The van der Waals surface area contributed by atoms with Crippen LogP contribution in [0.4, 0.5) is 5.69 Å². The fraction of sp³-hybridized carbons (Fsp3) is 0.417. The summed E-state index contributed by atoms with van der Waals surface area (Å²) in [4.78, 5) is 0. The van der Waals surface area contributed by atoms with Crippen molar-refractivity contribution < 1.29 is 0 Å². The Morgan fingerprint density at radius 2 is 2.44 bits per heavy atom. The number of nitriles is 1. The van der Waals surface area contributed by atoms with Crippen molar-refractivity contribution in [3.05, 3.63) is 28.8 Å². The largest absolute Gasteiger partial charge is 0.384 e. The molecule has 4 heteroatoms. The van der Waals surface area contributed by atoms with Crippen molar-refractivity contribution in [1.29, 1.82) is 5.26 Å². The maximum absolute atomic E-state index is 9.00. The summed E-state index contributed by atoms with van der Waals surface area (Å²) in [7, 11) is 0. The van der Waals surface area contributed by atoms with Crippen molar-refractivity contribution in [2.45, 2.75) is 6.42 Å². The van der Waals surface area contributed by atoms with E-state index in [2.05, 4.69) is 16.7 Å². The molecule has 0 radical (unpaired) electrons. The highest BCUT2D eigenvalue weighted by molar-refractivity contribution is 6.32. The maximum Gasteiger partial charge on any atom is 0.103 e. The average molecular weight is 236 g/mol. The quantitative estimate of drug-likeness (QED) is 0.845. The first-order chi connectivity index (χ1) is 7.81. The van der Waals surface area contributed by atoms with Gasteiger partial charge in [-0.1, -0.05) is 17.7 Å². The van der Waals surface area contributed by atoms with Gasteiger partial charge in [0.05, 0.1) is 16.3 Å². The van der Waals surface area contributed by atoms with Gasteiger partial charge >= 0.3 is 0 Å². The van der Waals surface area contributed by atoms with Crippen LogP contribution in [0.3, 0.4) is 0 Å². The Morgan fingerprint density at radius 3 is 3.12 bits per heavy atom. The van der Waals surface area contributed by atoms with Gasteiger partial charge in [-0.15, -0.1) is 0 Å². The lowest BCUT2D eigenvalue weighted by Crippen LogP contribution is -2.17. The highest BCUT2D eigenvalue weighted by Gasteiger charge is 2.14. The third-order valence-corrected chi connectivity index (χ3v) is 3.18. The molecule has 1 atom stereocenters. The fourth-order valence-corrected chi connectivity index (χ4v) is 2.14. The molecule has 2 N–H and O–H groups in total. The van der Waals surface area contributed by atoms with Crippen molar-refractivity contribution in [3.8, 4) is 6.07 Å². The third-order valence-electron chi connectivity index (χ3n) is 2.87. The van der Waals surface area contributed by atoms with E-state index >= 15 is 0 Å². The first kappa shape index (κ1) is 11.3. The van der Waals surface area contributed by atoms with Crippen molar-refractivity contribution in [2.75, 3.05) is 25.0 Å². The van der Waals surface area contributed by atoms with Crippen molar-refractivity contribution in [3.63, 3.8) is 0 Å². The molecular weight excluding hydrogens is 222 g/mol. The molecule has 0 amide bonds. The maximum atomic E-state index is 9.00. The molecule has 0 bridgehead atoms. The smallest absolute Gasteiger partial charge is 0.103 e. The van der Waals surface area contributed by atoms with E-state index in [0.29, 0.717) is 16.5 Å². The fourth-order valence-electron chi connectivity index (χ4n) is 1.93. The zero-order valence-electron chi connectivity index (χ0n) is 8.96. The minimum absolute atomic E-state index is 0.511. The summed E-state index contributed by atoms with van der Waals surface area (Å²) in [6.07, 6.45) is 1.19. The van der Waals surface area contributed by atoms with Gasteiger partial charge in [0.1, 0.15) is 6.07 Å². The van der Waals surface area contributed by atoms with Crippen LogP contribution >= 0.6 is 11.6 Å². The van der Waals surface area contributed by atoms with Gasteiger partial charge in [0.25, 0.3) is 0 Å². The lowest BCUT2D eigenvalue weighted by atomic mass is 10.1. The molecule has 1 saturated heterocycles. The minimum Gasteiger partial charge on any atom is -0.384 e. The van der Waals surface area contributed by atoms with E-state index in [0.717, 1.165) is 25.3 Å². The molecule has 1 aromatic carbocycles. The number of rotatable bonds is 3. The van der Waals surface area contributed by atoms with E-state index in [-0.39, 0.29) is 0 Å². The SMILES string of the molecule is N#Cc1c(Cl)cccc1NCC1CCNC1. The summed E-state index contributed by atoms with van der Waals surface area (Å²) in [6, 6.07) is 7.62. The Bertz CT molecular complexity index is 405. The second-order valence-electron chi connectivity index (χ2n) is 4.01. The topological polar surface area (TPSA) is 47.9 Å². The molecule has 84 valence electrons. The van der Waals surface area contributed by atoms with Crippen LogP contribution in [0.1, 0.15) is 12.0 Å². The zero-order chi connectivity index (χ0) is 11.4. The summed E-state index contributed by atoms with van der Waals surface area (Å²) in [6.45, 7) is 3.03. The third kappa shape index (κ3) is 2.46. The van der Waals surface area contributed by atoms with E-state index in [4.69, 9.17) is 16.9 Å². The molecule has 1 aliphatic heterocycles. The van der Waals surface area contributed by atoms with Crippen LogP contribution in [0.2, 0.25) is 5.02 Å². The molecule has 16 heavy (non-hydrogen) atoms. The molecule has 1 fully saturated rings. The van der Waals surface area contributed by atoms with Gasteiger partial charge in [0, 0.05) is 6.54 Å². The number of nitrogens with zero attached hydrogens (tertiary/aromatic N) is 1. The van der Waals surface area contributed by atoms with Gasteiger partial charge in [-0.25, -0.2) is 0 Å². The van der Waals surface area contributed by atoms with Gasteiger partial charge in [-0.2, -0.15) is 5.26 Å². The highest BCUT2D eigenvalue weighted by Crippen LogP contribution is 2.23. The van der Waals surface area contributed by atoms with Crippen molar-refractivity contribution in [2.24, 2.45) is 5.92 Å². The molecule has 2 rings (SSSR count). The first-order valence-corrected chi connectivity index (χ1v) is 5.82. The normalized spacial score (nSPS) is 19.4. The first-order valence-electron chi connectivity index (χ1n) is 5.44. The number of benzene rings is 1. The number of hydrogen-bond acceptors (Lipinski definition) is 3. The summed E-state index contributed by atoms with van der Waals surface area (Å²) in [5, 5.41) is 16.1. The van der Waals surface area contributed by atoms with Gasteiger partial charge in [0.2, 0.25) is 0 Å². The van der Waals surface area contributed by atoms with Crippen LogP contribution in [0, 0.1) is 17.2 Å². The summed E-state index contributed by atoms with van der Waals surface area (Å²) >= 11 is 5.95. The minimum atomic E-state index is 0.511. The highest BCUT2D eigenvalue weighted by atomic mass is 35.5. The Balaban J connectivity index is 2.03. The van der Waals surface area contributed by atoms with Gasteiger partial charge in [-0.3, -0.25) is 0 Å². The van der Waals surface area contributed by atoms with E-state index in [1.54, 1.807) is 6.07 Å². The molecule has 0 aromatic heterocycles. The second kappa shape index (κ2) is 5.20. The van der Waals surface area contributed by atoms with Crippen LogP contribution in [-0.4, -0.2) is 19.6 Å². The van der Waals surface area contributed by atoms with E-state index in [1.165, 1.54) is 6.42 Å². The van der Waals surface area contributed by atoms with Gasteiger partial charge in [0.15, 0.2) is 0 Å².